The van der Waals surface area contributed by atoms with Crippen LogP contribution >= 0.6 is 0 Å². The molecule has 1 radical (unpaired) electrons. The molecule has 0 saturated heterocycles. The Labute approximate surface area is 83.9 Å². The van der Waals surface area contributed by atoms with Gasteiger partial charge < -0.3 is 0 Å². The van der Waals surface area contributed by atoms with E-state index in [1.165, 1.54) is 0 Å². The average Bonchev–Trinajstić information content (AvgIpc) is 2.24. The zero-order valence-corrected chi connectivity index (χ0v) is 7.58. The maximum Gasteiger partial charge on any atom is 0.165 e. The quantitative estimate of drug-likeness (QED) is 0.550. The minimum Gasteiger partial charge on any atom is -0.203 e. The van der Waals surface area contributed by atoms with Crippen molar-refractivity contribution in [3.8, 4) is 6.07 Å². The smallest absolute Gasteiger partial charge is 0.165 e. The molecule has 0 N–H and O–H groups in total. The maximum absolute atomic E-state index is 13.1. The second kappa shape index (κ2) is 4.30. The van der Waals surface area contributed by atoms with Crippen LogP contribution in [0.4, 0.5) is 17.6 Å². The zero-order chi connectivity index (χ0) is 11.6. The number of nitriles is 1. The van der Waals surface area contributed by atoms with Gasteiger partial charge in [-0.3, -0.25) is 0 Å². The molecule has 0 aromatic heterocycles. The summed E-state index contributed by atoms with van der Waals surface area (Å²) in [4.78, 5) is 0. The number of halogens is 4. The molecule has 0 heterocycles. The van der Waals surface area contributed by atoms with Crippen LogP contribution in [0.5, 0.6) is 0 Å². The summed E-state index contributed by atoms with van der Waals surface area (Å²) in [6, 6.07) is 1.63. The van der Waals surface area contributed by atoms with Crippen molar-refractivity contribution >= 4 is 0 Å². The van der Waals surface area contributed by atoms with E-state index < -0.39 is 34.4 Å². The van der Waals surface area contributed by atoms with Crippen molar-refractivity contribution in [2.45, 2.75) is 12.8 Å². The van der Waals surface area contributed by atoms with Gasteiger partial charge in [-0.05, 0) is 13.3 Å². The van der Waals surface area contributed by atoms with E-state index in [1.807, 2.05) is 0 Å². The third-order valence-electron chi connectivity index (χ3n) is 1.93. The normalized spacial score (nSPS) is 10.1. The van der Waals surface area contributed by atoms with Gasteiger partial charge in [0.2, 0.25) is 0 Å². The first-order chi connectivity index (χ1) is 7.00. The number of nitrogens with zero attached hydrogens (tertiary/aromatic N) is 1. The van der Waals surface area contributed by atoms with Gasteiger partial charge in [0, 0.05) is 17.5 Å². The molecule has 0 saturated carbocycles. The van der Waals surface area contributed by atoms with Crippen molar-refractivity contribution < 1.29 is 17.6 Å². The molecule has 0 spiro atoms. The summed E-state index contributed by atoms with van der Waals surface area (Å²) in [7, 11) is 0. The van der Waals surface area contributed by atoms with Crippen LogP contribution in [0.15, 0.2) is 0 Å². The lowest BCUT2D eigenvalue weighted by atomic mass is 10.0. The predicted molar refractivity (Wildman–Crippen MR) is 44.7 cm³/mol. The van der Waals surface area contributed by atoms with Crippen molar-refractivity contribution in [1.82, 2.24) is 0 Å². The molecular weight excluding hydrogens is 210 g/mol. The van der Waals surface area contributed by atoms with Crippen LogP contribution in [0.2, 0.25) is 0 Å². The second-order valence-electron chi connectivity index (χ2n) is 2.87. The second-order valence-corrected chi connectivity index (χ2v) is 2.87. The first-order valence-electron chi connectivity index (χ1n) is 4.04. The molecule has 1 rings (SSSR count). The standard InChI is InChI=1S/C10H6F4N/c1-5-7(11)9(13)6(3-2-4-15)10(14)8(5)12/h1-3H2. The highest BCUT2D eigenvalue weighted by Crippen LogP contribution is 2.24. The van der Waals surface area contributed by atoms with Crippen LogP contribution in [0.1, 0.15) is 17.5 Å². The molecule has 15 heavy (non-hydrogen) atoms. The largest absolute Gasteiger partial charge is 0.203 e. The van der Waals surface area contributed by atoms with Crippen LogP contribution in [-0.4, -0.2) is 0 Å². The SMILES string of the molecule is [CH2]c1c(F)c(F)c(CCC#N)c(F)c1F. The van der Waals surface area contributed by atoms with Gasteiger partial charge in [0.15, 0.2) is 23.3 Å². The van der Waals surface area contributed by atoms with E-state index in [2.05, 4.69) is 6.92 Å². The highest BCUT2D eigenvalue weighted by molar-refractivity contribution is 5.31. The van der Waals surface area contributed by atoms with Crippen LogP contribution in [0.3, 0.4) is 0 Å². The average molecular weight is 216 g/mol. The number of hydrogen-bond acceptors (Lipinski definition) is 1. The molecule has 1 aromatic rings. The molecule has 0 fully saturated rings. The summed E-state index contributed by atoms with van der Waals surface area (Å²) in [5, 5.41) is 8.21. The summed E-state index contributed by atoms with van der Waals surface area (Å²) in [5.41, 5.74) is -1.69. The van der Waals surface area contributed by atoms with Gasteiger partial charge in [0.25, 0.3) is 0 Å². The fourth-order valence-corrected chi connectivity index (χ4v) is 1.12. The maximum atomic E-state index is 13.1. The summed E-state index contributed by atoms with van der Waals surface area (Å²) < 4.78 is 52.1. The highest BCUT2D eigenvalue weighted by Gasteiger charge is 2.22. The molecular formula is C10H6F4N. The zero-order valence-electron chi connectivity index (χ0n) is 7.58. The van der Waals surface area contributed by atoms with Crippen LogP contribution in [0.25, 0.3) is 0 Å². The Hall–Kier alpha value is -1.57. The van der Waals surface area contributed by atoms with Crippen molar-refractivity contribution in [2.24, 2.45) is 0 Å². The van der Waals surface area contributed by atoms with Gasteiger partial charge in [-0.1, -0.05) is 0 Å². The third kappa shape index (κ3) is 1.94. The molecule has 0 aliphatic heterocycles. The van der Waals surface area contributed by atoms with E-state index in [4.69, 9.17) is 5.26 Å². The van der Waals surface area contributed by atoms with E-state index in [9.17, 15) is 17.6 Å². The van der Waals surface area contributed by atoms with E-state index in [0.29, 0.717) is 0 Å². The van der Waals surface area contributed by atoms with Gasteiger partial charge >= 0.3 is 0 Å². The summed E-state index contributed by atoms with van der Waals surface area (Å²) in [5.74, 6) is -5.98. The van der Waals surface area contributed by atoms with Gasteiger partial charge in [0.1, 0.15) is 0 Å². The van der Waals surface area contributed by atoms with E-state index in [-0.39, 0.29) is 12.8 Å². The topological polar surface area (TPSA) is 23.8 Å². The Kier molecular flexibility index (Phi) is 3.30. The van der Waals surface area contributed by atoms with Crippen molar-refractivity contribution in [3.63, 3.8) is 0 Å². The lowest BCUT2D eigenvalue weighted by Gasteiger charge is -2.07. The predicted octanol–water partition coefficient (Wildman–Crippen LogP) is 2.88. The first kappa shape index (κ1) is 11.5. The lowest BCUT2D eigenvalue weighted by molar-refractivity contribution is 0.434. The molecule has 0 aliphatic carbocycles. The molecule has 1 nitrogen and oxygen atoms in total. The first-order valence-corrected chi connectivity index (χ1v) is 4.04. The highest BCUT2D eigenvalue weighted by atomic mass is 19.2. The molecule has 5 heteroatoms. The fourth-order valence-electron chi connectivity index (χ4n) is 1.12. The minimum absolute atomic E-state index is 0.219. The Morgan fingerprint density at radius 2 is 1.47 bits per heavy atom. The summed E-state index contributed by atoms with van der Waals surface area (Å²) in [6.07, 6.45) is -0.592. The monoisotopic (exact) mass is 216 g/mol. The van der Waals surface area contributed by atoms with Gasteiger partial charge in [-0.2, -0.15) is 5.26 Å². The fraction of sp³-hybridized carbons (Fsp3) is 0.200. The molecule has 0 atom stereocenters. The number of rotatable bonds is 2. The van der Waals surface area contributed by atoms with Crippen LogP contribution in [0, 0.1) is 41.5 Å². The number of benzene rings is 1. The molecule has 0 aliphatic rings. The van der Waals surface area contributed by atoms with Crippen LogP contribution < -0.4 is 0 Å². The summed E-state index contributed by atoms with van der Waals surface area (Å²) in [6.45, 7) is 2.87. The molecule has 1 aromatic carbocycles. The molecule has 0 bridgehead atoms. The minimum atomic E-state index is -1.51. The van der Waals surface area contributed by atoms with E-state index >= 15 is 0 Å². The molecule has 0 unspecified atom stereocenters. The van der Waals surface area contributed by atoms with E-state index in [1.54, 1.807) is 6.07 Å². The Bertz CT molecular complexity index is 405. The van der Waals surface area contributed by atoms with E-state index in [0.717, 1.165) is 0 Å². The van der Waals surface area contributed by atoms with Gasteiger partial charge in [-0.15, -0.1) is 0 Å². The Balaban J connectivity index is 3.33. The number of hydrogen-bond donors (Lipinski definition) is 0. The van der Waals surface area contributed by atoms with Crippen LogP contribution in [-0.2, 0) is 6.42 Å². The lowest BCUT2D eigenvalue weighted by Crippen LogP contribution is -2.06. The van der Waals surface area contributed by atoms with Crippen molar-refractivity contribution in [3.05, 3.63) is 41.3 Å². The summed E-state index contributed by atoms with van der Waals surface area (Å²) >= 11 is 0. The Morgan fingerprint density at radius 3 is 1.87 bits per heavy atom. The van der Waals surface area contributed by atoms with Crippen molar-refractivity contribution in [1.29, 1.82) is 5.26 Å². The Morgan fingerprint density at radius 1 is 1.00 bits per heavy atom. The van der Waals surface area contributed by atoms with Gasteiger partial charge in [-0.25, -0.2) is 17.6 Å². The van der Waals surface area contributed by atoms with Gasteiger partial charge in [0.05, 0.1) is 6.07 Å². The van der Waals surface area contributed by atoms with Crippen molar-refractivity contribution in [2.75, 3.05) is 0 Å². The molecule has 0 amide bonds. The third-order valence-corrected chi connectivity index (χ3v) is 1.93. The molecule has 79 valence electrons.